The molecule has 92 valence electrons. The van der Waals surface area contributed by atoms with Gasteiger partial charge in [-0.05, 0) is 38.3 Å². The van der Waals surface area contributed by atoms with Crippen LogP contribution in [0.15, 0.2) is 0 Å². The molecule has 1 unspecified atom stereocenters. The molecule has 0 saturated carbocycles. The van der Waals surface area contributed by atoms with Crippen LogP contribution in [0, 0.1) is 5.92 Å². The Labute approximate surface area is 97.3 Å². The number of hydrogen-bond acceptors (Lipinski definition) is 3. The van der Waals surface area contributed by atoms with Crippen molar-refractivity contribution in [1.82, 2.24) is 10.2 Å². The summed E-state index contributed by atoms with van der Waals surface area (Å²) in [5, 5.41) is 3.33. The van der Waals surface area contributed by atoms with Gasteiger partial charge in [0.25, 0.3) is 0 Å². The predicted molar refractivity (Wildman–Crippen MR) is 62.2 cm³/mol. The van der Waals surface area contributed by atoms with E-state index in [2.05, 4.69) is 5.32 Å². The van der Waals surface area contributed by atoms with Gasteiger partial charge in [0.05, 0.1) is 6.10 Å². The molecule has 0 bridgehead atoms. The van der Waals surface area contributed by atoms with Crippen molar-refractivity contribution < 1.29 is 9.53 Å². The zero-order valence-electron chi connectivity index (χ0n) is 10.1. The molecule has 0 aromatic carbocycles. The van der Waals surface area contributed by atoms with E-state index < -0.39 is 0 Å². The molecule has 2 fully saturated rings. The Morgan fingerprint density at radius 2 is 2.12 bits per heavy atom. The van der Waals surface area contributed by atoms with Gasteiger partial charge in [0.2, 0.25) is 5.91 Å². The molecule has 4 heteroatoms. The molecule has 1 N–H and O–H groups in total. The third kappa shape index (κ3) is 2.95. The largest absolute Gasteiger partial charge is 0.380 e. The highest BCUT2D eigenvalue weighted by Gasteiger charge is 2.27. The van der Waals surface area contributed by atoms with E-state index >= 15 is 0 Å². The third-order valence-corrected chi connectivity index (χ3v) is 3.75. The second-order valence-electron chi connectivity index (χ2n) is 4.88. The number of nitrogens with zero attached hydrogens (tertiary/aromatic N) is 1. The molecule has 0 spiro atoms. The van der Waals surface area contributed by atoms with Crippen LogP contribution in [0.1, 0.15) is 25.7 Å². The number of likely N-dealkylation sites (tertiary alicyclic amines) is 1. The number of amides is 1. The summed E-state index contributed by atoms with van der Waals surface area (Å²) < 4.78 is 5.28. The van der Waals surface area contributed by atoms with Gasteiger partial charge in [-0.1, -0.05) is 0 Å². The van der Waals surface area contributed by atoms with Gasteiger partial charge >= 0.3 is 0 Å². The Morgan fingerprint density at radius 1 is 1.38 bits per heavy atom. The van der Waals surface area contributed by atoms with E-state index in [1.54, 1.807) is 7.11 Å². The van der Waals surface area contributed by atoms with E-state index in [-0.39, 0.29) is 6.10 Å². The second-order valence-corrected chi connectivity index (χ2v) is 4.88. The third-order valence-electron chi connectivity index (χ3n) is 3.75. The van der Waals surface area contributed by atoms with Crippen LogP contribution in [0.4, 0.5) is 0 Å². The molecule has 0 aromatic heterocycles. The van der Waals surface area contributed by atoms with Gasteiger partial charge in [-0.25, -0.2) is 0 Å². The molecule has 2 aliphatic heterocycles. The van der Waals surface area contributed by atoms with E-state index in [9.17, 15) is 4.79 Å². The first-order valence-electron chi connectivity index (χ1n) is 6.31. The van der Waals surface area contributed by atoms with Crippen molar-refractivity contribution in [3.8, 4) is 0 Å². The fourth-order valence-corrected chi connectivity index (χ4v) is 2.61. The minimum atomic E-state index is 0.261. The molecule has 0 aliphatic carbocycles. The van der Waals surface area contributed by atoms with E-state index in [0.717, 1.165) is 51.9 Å². The smallest absolute Gasteiger partial charge is 0.222 e. The number of piperidine rings is 1. The average Bonchev–Trinajstić information content (AvgIpc) is 2.79. The molecule has 4 nitrogen and oxygen atoms in total. The maximum Gasteiger partial charge on any atom is 0.222 e. The van der Waals surface area contributed by atoms with E-state index in [4.69, 9.17) is 4.74 Å². The van der Waals surface area contributed by atoms with Crippen molar-refractivity contribution in [1.29, 1.82) is 0 Å². The maximum atomic E-state index is 12.0. The quantitative estimate of drug-likeness (QED) is 0.767. The normalized spacial score (nSPS) is 27.3. The topological polar surface area (TPSA) is 41.6 Å². The Hall–Kier alpha value is -0.610. The lowest BCUT2D eigenvalue weighted by Crippen LogP contribution is -2.34. The lowest BCUT2D eigenvalue weighted by Gasteiger charge is -2.24. The van der Waals surface area contributed by atoms with Crippen molar-refractivity contribution in [3.63, 3.8) is 0 Å². The Morgan fingerprint density at radius 3 is 2.75 bits per heavy atom. The molecule has 2 aliphatic rings. The van der Waals surface area contributed by atoms with Crippen LogP contribution < -0.4 is 5.32 Å². The number of nitrogens with one attached hydrogen (secondary N) is 1. The van der Waals surface area contributed by atoms with Crippen molar-refractivity contribution >= 4 is 5.91 Å². The number of carbonyl (C=O) groups excluding carboxylic acids is 1. The Kier molecular flexibility index (Phi) is 4.18. The average molecular weight is 226 g/mol. The van der Waals surface area contributed by atoms with Gasteiger partial charge < -0.3 is 15.0 Å². The Balaban J connectivity index is 1.75. The highest BCUT2D eigenvalue weighted by molar-refractivity contribution is 5.76. The molecule has 2 heterocycles. The van der Waals surface area contributed by atoms with E-state index in [1.807, 2.05) is 4.90 Å². The summed E-state index contributed by atoms with van der Waals surface area (Å²) in [7, 11) is 1.73. The van der Waals surface area contributed by atoms with Crippen LogP contribution in [0.5, 0.6) is 0 Å². The number of ether oxygens (including phenoxy) is 1. The van der Waals surface area contributed by atoms with Gasteiger partial charge in [-0.2, -0.15) is 0 Å². The lowest BCUT2D eigenvalue weighted by atomic mass is 9.94. The van der Waals surface area contributed by atoms with E-state index in [1.165, 1.54) is 0 Å². The summed E-state index contributed by atoms with van der Waals surface area (Å²) in [6.45, 7) is 3.81. The van der Waals surface area contributed by atoms with Crippen LogP contribution in [0.2, 0.25) is 0 Å². The number of carbonyl (C=O) groups is 1. The summed E-state index contributed by atoms with van der Waals surface area (Å²) in [5.41, 5.74) is 0. The highest BCUT2D eigenvalue weighted by Crippen LogP contribution is 2.20. The first-order chi connectivity index (χ1) is 7.79. The highest BCUT2D eigenvalue weighted by atomic mass is 16.5. The molecule has 1 atom stereocenters. The molecule has 0 radical (unpaired) electrons. The monoisotopic (exact) mass is 226 g/mol. The van der Waals surface area contributed by atoms with Gasteiger partial charge in [0.15, 0.2) is 0 Å². The summed E-state index contributed by atoms with van der Waals surface area (Å²) in [4.78, 5) is 14.0. The van der Waals surface area contributed by atoms with Crippen LogP contribution in [0.3, 0.4) is 0 Å². The van der Waals surface area contributed by atoms with Crippen LogP contribution >= 0.6 is 0 Å². The molecule has 1 amide bonds. The summed E-state index contributed by atoms with van der Waals surface area (Å²) >= 11 is 0. The zero-order valence-corrected chi connectivity index (χ0v) is 10.1. The molecule has 0 aromatic rings. The van der Waals surface area contributed by atoms with Crippen LogP contribution in [-0.4, -0.2) is 50.2 Å². The van der Waals surface area contributed by atoms with Gasteiger partial charge in [0, 0.05) is 26.6 Å². The van der Waals surface area contributed by atoms with Crippen LogP contribution in [-0.2, 0) is 9.53 Å². The number of methoxy groups -OCH3 is 1. The minimum absolute atomic E-state index is 0.261. The summed E-state index contributed by atoms with van der Waals surface area (Å²) in [6, 6.07) is 0. The van der Waals surface area contributed by atoms with Gasteiger partial charge in [-0.15, -0.1) is 0 Å². The van der Waals surface area contributed by atoms with Gasteiger partial charge in [0.1, 0.15) is 0 Å². The molecular formula is C12H22N2O2. The zero-order chi connectivity index (χ0) is 11.4. The minimum Gasteiger partial charge on any atom is -0.380 e. The van der Waals surface area contributed by atoms with Crippen molar-refractivity contribution in [2.75, 3.05) is 33.3 Å². The van der Waals surface area contributed by atoms with Gasteiger partial charge in [-0.3, -0.25) is 4.79 Å². The first kappa shape index (κ1) is 11.9. The molecule has 2 saturated heterocycles. The second kappa shape index (κ2) is 5.64. The fraction of sp³-hybridized carbons (Fsp3) is 0.917. The van der Waals surface area contributed by atoms with Crippen molar-refractivity contribution in [2.24, 2.45) is 5.92 Å². The number of rotatable bonds is 3. The predicted octanol–water partition coefficient (Wildman–Crippen LogP) is 0.623. The molecule has 2 rings (SSSR count). The standard InChI is InChI=1S/C12H22N2O2/c1-16-11-4-7-14(9-11)12(15)8-10-2-5-13-6-3-10/h10-11,13H,2-9H2,1H3. The fourth-order valence-electron chi connectivity index (χ4n) is 2.61. The molecular weight excluding hydrogens is 204 g/mol. The lowest BCUT2D eigenvalue weighted by molar-refractivity contribution is -0.131. The molecule has 16 heavy (non-hydrogen) atoms. The van der Waals surface area contributed by atoms with E-state index in [0.29, 0.717) is 11.8 Å². The first-order valence-corrected chi connectivity index (χ1v) is 6.31. The Bertz CT molecular complexity index is 239. The van der Waals surface area contributed by atoms with Crippen molar-refractivity contribution in [3.05, 3.63) is 0 Å². The van der Waals surface area contributed by atoms with Crippen molar-refractivity contribution in [2.45, 2.75) is 31.8 Å². The number of hydrogen-bond donors (Lipinski definition) is 1. The van der Waals surface area contributed by atoms with Crippen LogP contribution in [0.25, 0.3) is 0 Å². The SMILES string of the molecule is COC1CCN(C(=O)CC2CCNCC2)C1. The maximum absolute atomic E-state index is 12.0. The summed E-state index contributed by atoms with van der Waals surface area (Å²) in [6.07, 6.45) is 4.28. The summed E-state index contributed by atoms with van der Waals surface area (Å²) in [5.74, 6) is 0.918.